The highest BCUT2D eigenvalue weighted by molar-refractivity contribution is 5.21. The molecule has 0 amide bonds. The van der Waals surface area contributed by atoms with Gasteiger partial charge >= 0.3 is 0 Å². The molecule has 1 atom stereocenters. The molecule has 3 nitrogen and oxygen atoms in total. The lowest BCUT2D eigenvalue weighted by molar-refractivity contribution is -0.104. The molecule has 1 spiro atoms. The van der Waals surface area contributed by atoms with Gasteiger partial charge in [0, 0.05) is 17.7 Å². The van der Waals surface area contributed by atoms with E-state index >= 15 is 0 Å². The van der Waals surface area contributed by atoms with Crippen LogP contribution in [0, 0.1) is 5.82 Å². The molecular formula is C16H23FN2O. The van der Waals surface area contributed by atoms with Gasteiger partial charge in [0.2, 0.25) is 0 Å². The normalized spacial score (nSPS) is 28.9. The SMILES string of the molecule is NCCC1(c2ccc(F)cn2)CCOC2(CCCC2)C1. The van der Waals surface area contributed by atoms with E-state index in [1.165, 1.54) is 25.1 Å². The minimum atomic E-state index is -0.278. The number of hydrogen-bond donors (Lipinski definition) is 1. The van der Waals surface area contributed by atoms with E-state index in [0.29, 0.717) is 6.54 Å². The van der Waals surface area contributed by atoms with Crippen LogP contribution in [0.4, 0.5) is 4.39 Å². The van der Waals surface area contributed by atoms with E-state index in [4.69, 9.17) is 10.5 Å². The summed E-state index contributed by atoms with van der Waals surface area (Å²) in [6.45, 7) is 1.40. The summed E-state index contributed by atoms with van der Waals surface area (Å²) in [6.07, 6.45) is 8.91. The van der Waals surface area contributed by atoms with Gasteiger partial charge < -0.3 is 10.5 Å². The molecule has 1 saturated carbocycles. The number of rotatable bonds is 3. The third-order valence-corrected chi connectivity index (χ3v) is 5.06. The highest BCUT2D eigenvalue weighted by Crippen LogP contribution is 2.49. The van der Waals surface area contributed by atoms with E-state index in [-0.39, 0.29) is 16.8 Å². The lowest BCUT2D eigenvalue weighted by atomic mass is 9.68. The van der Waals surface area contributed by atoms with Gasteiger partial charge in [-0.15, -0.1) is 0 Å². The molecule has 0 aromatic carbocycles. The topological polar surface area (TPSA) is 48.1 Å². The highest BCUT2D eigenvalue weighted by atomic mass is 19.1. The summed E-state index contributed by atoms with van der Waals surface area (Å²) in [5.41, 5.74) is 6.82. The maximum Gasteiger partial charge on any atom is 0.141 e. The fraction of sp³-hybridized carbons (Fsp3) is 0.688. The van der Waals surface area contributed by atoms with Gasteiger partial charge in [-0.2, -0.15) is 0 Å². The zero-order valence-electron chi connectivity index (χ0n) is 11.9. The van der Waals surface area contributed by atoms with Gasteiger partial charge in [-0.1, -0.05) is 12.8 Å². The molecule has 3 rings (SSSR count). The molecule has 1 saturated heterocycles. The third-order valence-electron chi connectivity index (χ3n) is 5.06. The highest BCUT2D eigenvalue weighted by Gasteiger charge is 2.48. The lowest BCUT2D eigenvalue weighted by Gasteiger charge is -2.46. The smallest absolute Gasteiger partial charge is 0.141 e. The van der Waals surface area contributed by atoms with Gasteiger partial charge in [-0.3, -0.25) is 4.98 Å². The Morgan fingerprint density at radius 1 is 1.25 bits per heavy atom. The Morgan fingerprint density at radius 2 is 2.05 bits per heavy atom. The maximum atomic E-state index is 13.1. The van der Waals surface area contributed by atoms with Crippen molar-refractivity contribution in [3.63, 3.8) is 0 Å². The standard InChI is InChI=1S/C16H23FN2O/c17-13-3-4-14(19-11-13)15(7-9-18)8-10-20-16(12-15)5-1-2-6-16/h3-4,11H,1-2,5-10,12,18H2. The Balaban J connectivity index is 1.92. The van der Waals surface area contributed by atoms with E-state index in [2.05, 4.69) is 4.98 Å². The molecular weight excluding hydrogens is 255 g/mol. The molecule has 1 aliphatic heterocycles. The first kappa shape index (κ1) is 14.0. The number of ether oxygens (including phenoxy) is 1. The van der Waals surface area contributed by atoms with Crippen LogP contribution in [-0.2, 0) is 10.2 Å². The average Bonchev–Trinajstić information content (AvgIpc) is 2.87. The maximum absolute atomic E-state index is 13.1. The molecule has 1 aromatic rings. The van der Waals surface area contributed by atoms with Crippen LogP contribution < -0.4 is 5.73 Å². The molecule has 1 unspecified atom stereocenters. The van der Waals surface area contributed by atoms with Gasteiger partial charge in [-0.25, -0.2) is 4.39 Å². The second-order valence-electron chi connectivity index (χ2n) is 6.35. The summed E-state index contributed by atoms with van der Waals surface area (Å²) in [5, 5.41) is 0. The fourth-order valence-electron chi connectivity index (χ4n) is 4.09. The summed E-state index contributed by atoms with van der Waals surface area (Å²) >= 11 is 0. The van der Waals surface area contributed by atoms with Crippen LogP contribution in [0.2, 0.25) is 0 Å². The molecule has 1 aliphatic carbocycles. The van der Waals surface area contributed by atoms with Crippen molar-refractivity contribution in [2.24, 2.45) is 5.73 Å². The van der Waals surface area contributed by atoms with Crippen LogP contribution in [0.15, 0.2) is 18.3 Å². The van der Waals surface area contributed by atoms with Crippen molar-refractivity contribution in [3.8, 4) is 0 Å². The number of nitrogens with two attached hydrogens (primary N) is 1. The Morgan fingerprint density at radius 3 is 2.70 bits per heavy atom. The summed E-state index contributed by atoms with van der Waals surface area (Å²) in [4.78, 5) is 4.36. The van der Waals surface area contributed by atoms with Gasteiger partial charge in [0.1, 0.15) is 5.82 Å². The number of pyridine rings is 1. The zero-order valence-corrected chi connectivity index (χ0v) is 11.9. The minimum absolute atomic E-state index is 0.0173. The van der Waals surface area contributed by atoms with Crippen molar-refractivity contribution in [1.29, 1.82) is 0 Å². The lowest BCUT2D eigenvalue weighted by Crippen LogP contribution is -2.47. The molecule has 2 fully saturated rings. The average molecular weight is 278 g/mol. The van der Waals surface area contributed by atoms with Gasteiger partial charge in [0.05, 0.1) is 11.8 Å². The summed E-state index contributed by atoms with van der Waals surface area (Å²) < 4.78 is 19.3. The minimum Gasteiger partial charge on any atom is -0.375 e. The van der Waals surface area contributed by atoms with Crippen LogP contribution in [-0.4, -0.2) is 23.7 Å². The van der Waals surface area contributed by atoms with E-state index < -0.39 is 0 Å². The van der Waals surface area contributed by atoms with Gasteiger partial charge in [0.25, 0.3) is 0 Å². The molecule has 20 heavy (non-hydrogen) atoms. The molecule has 2 heterocycles. The predicted molar refractivity (Wildman–Crippen MR) is 75.9 cm³/mol. The first-order valence-corrected chi connectivity index (χ1v) is 7.64. The first-order valence-electron chi connectivity index (χ1n) is 7.64. The largest absolute Gasteiger partial charge is 0.375 e. The molecule has 0 bridgehead atoms. The number of hydrogen-bond acceptors (Lipinski definition) is 3. The van der Waals surface area contributed by atoms with Gasteiger partial charge in [-0.05, 0) is 50.8 Å². The van der Waals surface area contributed by atoms with Crippen molar-refractivity contribution >= 4 is 0 Å². The molecule has 2 N–H and O–H groups in total. The monoisotopic (exact) mass is 278 g/mol. The number of halogens is 1. The van der Waals surface area contributed by atoms with Crippen molar-refractivity contribution in [2.45, 2.75) is 56.0 Å². The molecule has 110 valence electrons. The second-order valence-corrected chi connectivity index (χ2v) is 6.35. The molecule has 2 aliphatic rings. The van der Waals surface area contributed by atoms with Crippen LogP contribution in [0.25, 0.3) is 0 Å². The zero-order chi connectivity index (χ0) is 14.1. The van der Waals surface area contributed by atoms with Crippen molar-refractivity contribution in [1.82, 2.24) is 4.98 Å². The summed E-state index contributed by atoms with van der Waals surface area (Å²) in [7, 11) is 0. The van der Waals surface area contributed by atoms with Crippen molar-refractivity contribution in [2.75, 3.05) is 13.2 Å². The van der Waals surface area contributed by atoms with Crippen molar-refractivity contribution in [3.05, 3.63) is 29.8 Å². The number of aromatic nitrogens is 1. The van der Waals surface area contributed by atoms with E-state index in [1.807, 2.05) is 6.07 Å². The summed E-state index contributed by atoms with van der Waals surface area (Å²) in [5.74, 6) is -0.278. The second kappa shape index (κ2) is 5.41. The summed E-state index contributed by atoms with van der Waals surface area (Å²) in [6, 6.07) is 3.34. The predicted octanol–water partition coefficient (Wildman–Crippen LogP) is 2.93. The molecule has 4 heteroatoms. The third kappa shape index (κ3) is 2.47. The Labute approximate surface area is 119 Å². The van der Waals surface area contributed by atoms with E-state index in [1.54, 1.807) is 0 Å². The molecule has 0 radical (unpaired) electrons. The Kier molecular flexibility index (Phi) is 3.78. The van der Waals surface area contributed by atoms with Crippen LogP contribution in [0.5, 0.6) is 0 Å². The molecule has 1 aromatic heterocycles. The first-order chi connectivity index (χ1) is 9.68. The van der Waals surface area contributed by atoms with Crippen LogP contribution >= 0.6 is 0 Å². The van der Waals surface area contributed by atoms with Gasteiger partial charge in [0.15, 0.2) is 0 Å². The Hall–Kier alpha value is -1.00. The van der Waals surface area contributed by atoms with Crippen molar-refractivity contribution < 1.29 is 9.13 Å². The Bertz CT molecular complexity index is 452. The van der Waals surface area contributed by atoms with E-state index in [9.17, 15) is 4.39 Å². The number of nitrogens with zero attached hydrogens (tertiary/aromatic N) is 1. The van der Waals surface area contributed by atoms with Crippen LogP contribution in [0.1, 0.15) is 50.6 Å². The quantitative estimate of drug-likeness (QED) is 0.924. The van der Waals surface area contributed by atoms with Crippen LogP contribution in [0.3, 0.4) is 0 Å². The fourth-order valence-corrected chi connectivity index (χ4v) is 4.09. The van der Waals surface area contributed by atoms with E-state index in [0.717, 1.165) is 44.4 Å².